The van der Waals surface area contributed by atoms with Gasteiger partial charge in [-0.25, -0.2) is 15.0 Å². The largest absolute Gasteiger partial charge is 0.378 e. The molecule has 2 fully saturated rings. The molecule has 2 aliphatic heterocycles. The van der Waals surface area contributed by atoms with Gasteiger partial charge in [-0.15, -0.1) is 0 Å². The third-order valence-corrected chi connectivity index (χ3v) is 5.94. The second kappa shape index (κ2) is 9.83. The van der Waals surface area contributed by atoms with Crippen LogP contribution in [0.15, 0.2) is 61.1 Å². The van der Waals surface area contributed by atoms with Crippen molar-refractivity contribution in [3.63, 3.8) is 0 Å². The number of aromatic nitrogens is 3. The number of amides is 1. The van der Waals surface area contributed by atoms with Crippen LogP contribution < -0.4 is 15.1 Å². The number of anilines is 4. The van der Waals surface area contributed by atoms with E-state index in [-0.39, 0.29) is 5.91 Å². The first kappa shape index (κ1) is 21.1. The molecule has 1 aromatic carbocycles. The van der Waals surface area contributed by atoms with Crippen LogP contribution in [0.4, 0.5) is 23.0 Å². The molecule has 5 rings (SSSR count). The van der Waals surface area contributed by atoms with Gasteiger partial charge in [-0.1, -0.05) is 6.07 Å². The summed E-state index contributed by atoms with van der Waals surface area (Å²) in [6.07, 6.45) is 3.22. The summed E-state index contributed by atoms with van der Waals surface area (Å²) >= 11 is 0. The molecule has 2 saturated heterocycles. The standard InChI is InChI=1S/C24H27N7O2/c32-24(31-11-9-30(10-12-31)23-3-1-2-8-25-23)21-17-22(27-18-26-21)28-19-4-6-20(7-5-19)29-13-15-33-16-14-29/h1-8,17-18H,9-16H2,(H,26,27,28). The van der Waals surface area contributed by atoms with Gasteiger partial charge in [0.05, 0.1) is 13.2 Å². The molecule has 0 saturated carbocycles. The van der Waals surface area contributed by atoms with Gasteiger partial charge in [-0.05, 0) is 36.4 Å². The minimum Gasteiger partial charge on any atom is -0.378 e. The predicted octanol–water partition coefficient (Wildman–Crippen LogP) is 2.41. The van der Waals surface area contributed by atoms with Crippen molar-refractivity contribution in [2.24, 2.45) is 0 Å². The molecule has 0 atom stereocenters. The highest BCUT2D eigenvalue weighted by atomic mass is 16.5. The van der Waals surface area contributed by atoms with E-state index in [0.717, 1.165) is 50.9 Å². The van der Waals surface area contributed by atoms with Crippen LogP contribution >= 0.6 is 0 Å². The quantitative estimate of drug-likeness (QED) is 0.641. The number of rotatable bonds is 5. The highest BCUT2D eigenvalue weighted by Crippen LogP contribution is 2.22. The number of carbonyl (C=O) groups excluding carboxylic acids is 1. The lowest BCUT2D eigenvalue weighted by molar-refractivity contribution is 0.0740. The number of benzene rings is 1. The van der Waals surface area contributed by atoms with E-state index in [1.54, 1.807) is 12.3 Å². The van der Waals surface area contributed by atoms with Crippen LogP contribution in [0, 0.1) is 0 Å². The second-order valence-corrected chi connectivity index (χ2v) is 8.03. The number of hydrogen-bond donors (Lipinski definition) is 1. The number of hydrogen-bond acceptors (Lipinski definition) is 8. The number of nitrogens with one attached hydrogen (secondary N) is 1. The Kier molecular flexibility index (Phi) is 6.30. The fourth-order valence-corrected chi connectivity index (χ4v) is 4.11. The lowest BCUT2D eigenvalue weighted by atomic mass is 10.2. The molecule has 0 radical (unpaired) electrons. The molecule has 9 nitrogen and oxygen atoms in total. The fourth-order valence-electron chi connectivity index (χ4n) is 4.11. The number of carbonyl (C=O) groups is 1. The van der Waals surface area contributed by atoms with Gasteiger partial charge in [0, 0.05) is 62.9 Å². The van der Waals surface area contributed by atoms with Gasteiger partial charge in [0.2, 0.25) is 0 Å². The summed E-state index contributed by atoms with van der Waals surface area (Å²) in [4.78, 5) is 32.3. The zero-order chi connectivity index (χ0) is 22.5. The Morgan fingerprint density at radius 3 is 2.36 bits per heavy atom. The molecule has 0 unspecified atom stereocenters. The van der Waals surface area contributed by atoms with Gasteiger partial charge >= 0.3 is 0 Å². The van der Waals surface area contributed by atoms with Gasteiger partial charge in [-0.2, -0.15) is 0 Å². The third kappa shape index (κ3) is 5.04. The summed E-state index contributed by atoms with van der Waals surface area (Å²) in [5.74, 6) is 1.46. The van der Waals surface area contributed by atoms with Crippen LogP contribution in [0.3, 0.4) is 0 Å². The Morgan fingerprint density at radius 2 is 1.64 bits per heavy atom. The molecular formula is C24H27N7O2. The van der Waals surface area contributed by atoms with Gasteiger partial charge < -0.3 is 24.8 Å². The smallest absolute Gasteiger partial charge is 0.272 e. The first-order valence-corrected chi connectivity index (χ1v) is 11.2. The lowest BCUT2D eigenvalue weighted by Gasteiger charge is -2.35. The topological polar surface area (TPSA) is 86.7 Å². The van der Waals surface area contributed by atoms with Crippen LogP contribution in [-0.2, 0) is 4.74 Å². The summed E-state index contributed by atoms with van der Waals surface area (Å²) in [6, 6.07) is 15.8. The van der Waals surface area contributed by atoms with Crippen LogP contribution in [0.1, 0.15) is 10.5 Å². The van der Waals surface area contributed by atoms with Crippen LogP contribution in [-0.4, -0.2) is 78.2 Å². The normalized spacial score (nSPS) is 16.5. The molecule has 33 heavy (non-hydrogen) atoms. The van der Waals surface area contributed by atoms with Crippen molar-refractivity contribution in [1.82, 2.24) is 19.9 Å². The van der Waals surface area contributed by atoms with Crippen molar-refractivity contribution in [1.29, 1.82) is 0 Å². The molecule has 9 heteroatoms. The maximum Gasteiger partial charge on any atom is 0.272 e. The Hall–Kier alpha value is -3.72. The van der Waals surface area contributed by atoms with Crippen molar-refractivity contribution in [3.05, 3.63) is 66.7 Å². The van der Waals surface area contributed by atoms with Crippen molar-refractivity contribution in [3.8, 4) is 0 Å². The average molecular weight is 446 g/mol. The highest BCUT2D eigenvalue weighted by Gasteiger charge is 2.24. The molecule has 0 bridgehead atoms. The van der Waals surface area contributed by atoms with Gasteiger partial charge in [0.25, 0.3) is 5.91 Å². The Morgan fingerprint density at radius 1 is 0.848 bits per heavy atom. The molecule has 4 heterocycles. The molecule has 0 spiro atoms. The van der Waals surface area contributed by atoms with Crippen LogP contribution in [0.2, 0.25) is 0 Å². The van der Waals surface area contributed by atoms with E-state index in [1.165, 1.54) is 12.0 Å². The number of ether oxygens (including phenoxy) is 1. The fraction of sp³-hybridized carbons (Fsp3) is 0.333. The predicted molar refractivity (Wildman–Crippen MR) is 127 cm³/mol. The maximum atomic E-state index is 13.0. The molecule has 2 aliphatic rings. The lowest BCUT2D eigenvalue weighted by Crippen LogP contribution is -2.49. The Bertz CT molecular complexity index is 1060. The molecule has 0 aliphatic carbocycles. The van der Waals surface area contributed by atoms with E-state index in [2.05, 4.69) is 42.2 Å². The zero-order valence-electron chi connectivity index (χ0n) is 18.4. The van der Waals surface area contributed by atoms with E-state index >= 15 is 0 Å². The molecule has 170 valence electrons. The minimum absolute atomic E-state index is 0.0798. The highest BCUT2D eigenvalue weighted by molar-refractivity contribution is 5.93. The van der Waals surface area contributed by atoms with Crippen molar-refractivity contribution in [2.45, 2.75) is 0 Å². The van der Waals surface area contributed by atoms with Crippen LogP contribution in [0.5, 0.6) is 0 Å². The van der Waals surface area contributed by atoms with E-state index in [1.807, 2.05) is 35.2 Å². The molecule has 2 aromatic heterocycles. The van der Waals surface area contributed by atoms with Crippen molar-refractivity contribution < 1.29 is 9.53 Å². The Balaban J connectivity index is 1.20. The average Bonchev–Trinajstić information content (AvgIpc) is 2.90. The second-order valence-electron chi connectivity index (χ2n) is 8.03. The van der Waals surface area contributed by atoms with Gasteiger partial charge in [-0.3, -0.25) is 4.79 Å². The first-order valence-electron chi connectivity index (χ1n) is 11.2. The third-order valence-electron chi connectivity index (χ3n) is 5.94. The first-order chi connectivity index (χ1) is 16.3. The monoisotopic (exact) mass is 445 g/mol. The zero-order valence-corrected chi connectivity index (χ0v) is 18.4. The van der Waals surface area contributed by atoms with Gasteiger partial charge in [0.15, 0.2) is 0 Å². The molecule has 1 amide bonds. The molecule has 3 aromatic rings. The van der Waals surface area contributed by atoms with Crippen LogP contribution in [0.25, 0.3) is 0 Å². The summed E-state index contributed by atoms with van der Waals surface area (Å²) in [5.41, 5.74) is 2.48. The maximum absolute atomic E-state index is 13.0. The summed E-state index contributed by atoms with van der Waals surface area (Å²) in [5, 5.41) is 3.28. The number of morpholine rings is 1. The number of nitrogens with zero attached hydrogens (tertiary/aromatic N) is 6. The SMILES string of the molecule is O=C(c1cc(Nc2ccc(N3CCOCC3)cc2)ncn1)N1CCN(c2ccccn2)CC1. The van der Waals surface area contributed by atoms with Crippen molar-refractivity contribution in [2.75, 3.05) is 67.6 Å². The number of pyridine rings is 1. The Labute approximate surface area is 193 Å². The molecular weight excluding hydrogens is 418 g/mol. The summed E-state index contributed by atoms with van der Waals surface area (Å²) < 4.78 is 5.42. The van der Waals surface area contributed by atoms with E-state index < -0.39 is 0 Å². The summed E-state index contributed by atoms with van der Waals surface area (Å²) in [6.45, 7) is 6.08. The number of piperazine rings is 1. The van der Waals surface area contributed by atoms with E-state index in [0.29, 0.717) is 24.6 Å². The molecule has 1 N–H and O–H groups in total. The van der Waals surface area contributed by atoms with Crippen molar-refractivity contribution >= 4 is 28.9 Å². The van der Waals surface area contributed by atoms with E-state index in [9.17, 15) is 4.79 Å². The summed E-state index contributed by atoms with van der Waals surface area (Å²) in [7, 11) is 0. The minimum atomic E-state index is -0.0798. The van der Waals surface area contributed by atoms with Gasteiger partial charge in [0.1, 0.15) is 23.7 Å². The van der Waals surface area contributed by atoms with E-state index in [4.69, 9.17) is 4.74 Å².